The summed E-state index contributed by atoms with van der Waals surface area (Å²) < 4.78 is 64.3. The van der Waals surface area contributed by atoms with Gasteiger partial charge in [0.25, 0.3) is 0 Å². The lowest BCUT2D eigenvalue weighted by molar-refractivity contribution is -0.382. The van der Waals surface area contributed by atoms with Crippen molar-refractivity contribution < 1.29 is 76.6 Å². The zero-order chi connectivity index (χ0) is 34.2. The van der Waals surface area contributed by atoms with E-state index in [0.717, 1.165) is 0 Å². The van der Waals surface area contributed by atoms with Gasteiger partial charge in [0.05, 0.1) is 38.6 Å². The molecule has 3 saturated heterocycles. The topological polar surface area (TPSA) is 229 Å². The molecular weight excluding hydrogens is 713 g/mol. The molecule has 0 aromatic carbocycles. The lowest BCUT2D eigenvalue weighted by Crippen LogP contribution is -2.68. The summed E-state index contributed by atoms with van der Waals surface area (Å²) >= 11 is 0. The molecule has 17 nitrogen and oxygen atoms in total. The van der Waals surface area contributed by atoms with Crippen LogP contribution in [0.3, 0.4) is 0 Å². The monoisotopic (exact) mass is 761 g/mol. The number of rotatable bonds is 17. The molecule has 21 atom stereocenters. The lowest BCUT2D eigenvalue weighted by atomic mass is 9.89. The molecule has 0 saturated carbocycles. The highest BCUT2D eigenvalue weighted by Gasteiger charge is 2.56. The Kier molecular flexibility index (Phi) is 17.8. The summed E-state index contributed by atoms with van der Waals surface area (Å²) in [4.78, 5) is 0. The number of hydrogen-bond acceptors (Lipinski definition) is 17. The van der Waals surface area contributed by atoms with Gasteiger partial charge in [-0.1, -0.05) is 6.08 Å². The van der Waals surface area contributed by atoms with Crippen molar-refractivity contribution >= 4 is 47.3 Å². The summed E-state index contributed by atoms with van der Waals surface area (Å²) in [5.41, 5.74) is 6.08. The van der Waals surface area contributed by atoms with E-state index in [2.05, 4.69) is 53.9 Å². The van der Waals surface area contributed by atoms with E-state index in [9.17, 15) is 25.5 Å². The number of nitrogens with two attached hydrogens (primary N) is 1. The third-order valence-corrected chi connectivity index (χ3v) is 9.29. The Labute approximate surface area is 279 Å². The van der Waals surface area contributed by atoms with Gasteiger partial charge in [-0.2, -0.15) is 0 Å². The van der Waals surface area contributed by atoms with Crippen molar-refractivity contribution in [3.63, 3.8) is 0 Å². The van der Waals surface area contributed by atoms with Crippen molar-refractivity contribution in [2.75, 3.05) is 26.4 Å². The van der Waals surface area contributed by atoms with Crippen molar-refractivity contribution in [2.24, 2.45) is 5.73 Å². The second kappa shape index (κ2) is 19.7. The van der Waals surface area contributed by atoms with Crippen LogP contribution in [0.15, 0.2) is 12.7 Å². The summed E-state index contributed by atoms with van der Waals surface area (Å²) in [6, 6.07) is -1.13. The summed E-state index contributed by atoms with van der Waals surface area (Å²) in [6.45, 7) is 4.41. The van der Waals surface area contributed by atoms with E-state index in [1.165, 1.54) is 6.92 Å². The van der Waals surface area contributed by atoms with Gasteiger partial charge in [0, 0.05) is 53.8 Å². The van der Waals surface area contributed by atoms with Crippen molar-refractivity contribution in [3.05, 3.63) is 12.7 Å². The maximum absolute atomic E-state index is 11.4. The van der Waals surface area contributed by atoms with Crippen LogP contribution in [0.4, 0.5) is 0 Å². The highest BCUT2D eigenvalue weighted by Crippen LogP contribution is 2.39. The Balaban J connectivity index is 1.93. The second-order valence-electron chi connectivity index (χ2n) is 11.2. The molecule has 0 bridgehead atoms. The van der Waals surface area contributed by atoms with E-state index in [1.807, 2.05) is 0 Å². The van der Waals surface area contributed by atoms with Crippen LogP contribution in [0.2, 0.25) is 0 Å². The third-order valence-electron chi connectivity index (χ3n) is 7.96. The Hall–Kier alpha value is 1.21. The highest BCUT2D eigenvalue weighted by molar-refractivity contribution is 7.10. The van der Waals surface area contributed by atoms with Gasteiger partial charge >= 0.3 is 0 Å². The summed E-state index contributed by atoms with van der Waals surface area (Å²) in [6.07, 6.45) is -14.9. The van der Waals surface area contributed by atoms with Crippen LogP contribution in [0.25, 0.3) is 0 Å². The van der Waals surface area contributed by atoms with Crippen molar-refractivity contribution in [3.8, 4) is 0 Å². The van der Waals surface area contributed by atoms with E-state index >= 15 is 0 Å². The summed E-state index contributed by atoms with van der Waals surface area (Å²) in [5.74, 6) is -1.69. The van der Waals surface area contributed by atoms with Crippen molar-refractivity contribution in [1.82, 2.24) is 0 Å². The minimum atomic E-state index is -1.69. The largest absolute Gasteiger partial charge is 0.394 e. The number of ether oxygens (including phenoxy) is 6. The Bertz CT molecular complexity index is 925. The van der Waals surface area contributed by atoms with Crippen LogP contribution in [0.5, 0.6) is 0 Å². The van der Waals surface area contributed by atoms with Crippen LogP contribution in [0.1, 0.15) is 13.3 Å². The molecule has 3 aliphatic rings. The Morgan fingerprint density at radius 2 is 1.50 bits per heavy atom. The van der Waals surface area contributed by atoms with Gasteiger partial charge in [0.15, 0.2) is 18.4 Å². The molecule has 10 unspecified atom stereocenters. The second-order valence-corrected chi connectivity index (χ2v) is 12.6. The first-order valence-electron chi connectivity index (χ1n) is 14.3. The molecule has 0 aromatic rings. The summed E-state index contributed by atoms with van der Waals surface area (Å²) in [5, 5.41) is 52.2. The fourth-order valence-corrected chi connectivity index (χ4v) is 6.93. The average molecular weight is 762 g/mol. The molecule has 0 radical (unpaired) electrons. The third kappa shape index (κ3) is 9.96. The van der Waals surface area contributed by atoms with Crippen LogP contribution < -0.4 is 5.73 Å². The zero-order valence-corrected chi connectivity index (χ0v) is 30.9. The van der Waals surface area contributed by atoms with E-state index in [4.69, 9.17) is 56.8 Å². The first kappa shape index (κ1) is 41.6. The van der Waals surface area contributed by atoms with E-state index in [-0.39, 0.29) is 26.2 Å². The maximum atomic E-state index is 11.4. The van der Waals surface area contributed by atoms with Crippen LogP contribution >= 0.6 is 47.3 Å². The van der Waals surface area contributed by atoms with Crippen LogP contribution in [-0.4, -0.2) is 150 Å². The SMILES string of the molecule is C=CCO[C@@H]1OC(COP)[C@H](O[C@@H]2OC(COP)[C@H](O)[C@H](O[C@]3(C)C[C@H](O)[C@@H](N)C([C@H](O)[C@H](O)CO)O3)C2OP)[C@H](OP)C1OP. The lowest BCUT2D eigenvalue weighted by Gasteiger charge is -2.51. The standard InChI is InChI=1S/C24H48NO16P5/c1-3-4-31-22-21(41-46)19(39-44)16(12(35-22)8-33-43)36-23-20(40-45)18(15(30)11(34-23)7-32-42)38-24(2)5-9(27)13(25)17(37-24)14(29)10(28)6-26/h3,9-23,26-30H,1,4-8,25,42-46H2,2H3/t9-,10+,11?,12?,13+,14+,15-,16-,17?,18-,19-,20?,21?,22+,23-,24+/m0/s1. The molecule has 7 N–H and O–H groups in total. The van der Waals surface area contributed by atoms with Crippen molar-refractivity contribution in [2.45, 2.75) is 111 Å². The molecule has 46 heavy (non-hydrogen) atoms. The normalized spacial score (nSPS) is 43.3. The molecular formula is C24H48NO16P5. The fraction of sp³-hybridized carbons (Fsp3) is 0.917. The van der Waals surface area contributed by atoms with Gasteiger partial charge in [0.1, 0.15) is 67.1 Å². The number of aliphatic hydroxyl groups excluding tert-OH is 5. The minimum Gasteiger partial charge on any atom is -0.394 e. The minimum absolute atomic E-state index is 0.0185. The molecule has 3 fully saturated rings. The Morgan fingerprint density at radius 1 is 0.913 bits per heavy atom. The Morgan fingerprint density at radius 3 is 2.07 bits per heavy atom. The van der Waals surface area contributed by atoms with E-state index in [1.54, 1.807) is 6.08 Å². The average Bonchev–Trinajstić information content (AvgIpc) is 3.03. The van der Waals surface area contributed by atoms with Crippen LogP contribution in [0, 0.1) is 0 Å². The molecule has 0 spiro atoms. The number of aliphatic hydroxyl groups is 5. The predicted octanol–water partition coefficient (Wildman–Crippen LogP) is -2.18. The van der Waals surface area contributed by atoms with Gasteiger partial charge in [-0.3, -0.25) is 0 Å². The molecule has 0 aromatic heterocycles. The van der Waals surface area contributed by atoms with Crippen LogP contribution in [-0.2, 0) is 51.0 Å². The van der Waals surface area contributed by atoms with Gasteiger partial charge in [-0.15, -0.1) is 6.58 Å². The highest BCUT2D eigenvalue weighted by atomic mass is 31.0. The quantitative estimate of drug-likeness (QED) is 0.0684. The molecule has 270 valence electrons. The zero-order valence-electron chi connectivity index (χ0n) is 25.2. The molecule has 0 aliphatic carbocycles. The van der Waals surface area contributed by atoms with Gasteiger partial charge in [-0.25, -0.2) is 0 Å². The number of hydrogen-bond donors (Lipinski definition) is 6. The molecule has 3 aliphatic heterocycles. The maximum Gasteiger partial charge on any atom is 0.187 e. The van der Waals surface area contributed by atoms with Gasteiger partial charge < -0.3 is 82.3 Å². The smallest absolute Gasteiger partial charge is 0.187 e. The van der Waals surface area contributed by atoms with E-state index in [0.29, 0.717) is 0 Å². The molecule has 22 heteroatoms. The predicted molar refractivity (Wildman–Crippen MR) is 175 cm³/mol. The van der Waals surface area contributed by atoms with Gasteiger partial charge in [-0.05, 0) is 6.92 Å². The fourth-order valence-electron chi connectivity index (χ4n) is 5.67. The molecule has 3 rings (SSSR count). The van der Waals surface area contributed by atoms with Gasteiger partial charge in [0.2, 0.25) is 0 Å². The van der Waals surface area contributed by atoms with Crippen molar-refractivity contribution in [1.29, 1.82) is 0 Å². The molecule has 3 heterocycles. The first-order chi connectivity index (χ1) is 21.9. The van der Waals surface area contributed by atoms with E-state index < -0.39 is 104 Å². The molecule has 0 amide bonds. The summed E-state index contributed by atoms with van der Waals surface area (Å²) in [7, 11) is 10.6. The first-order valence-corrected chi connectivity index (χ1v) is 16.6.